The van der Waals surface area contributed by atoms with Gasteiger partial charge in [0, 0.05) is 6.20 Å². The molecule has 0 atom stereocenters. The number of hydrogen-bond donors (Lipinski definition) is 1. The molecular formula is C9H7N3O3. The van der Waals surface area contributed by atoms with Crippen LogP contribution >= 0.6 is 0 Å². The lowest BCUT2D eigenvalue weighted by atomic mass is 10.3. The van der Waals surface area contributed by atoms with E-state index < -0.39 is 17.8 Å². The number of aromatic nitrogens is 1. The van der Waals surface area contributed by atoms with Crippen LogP contribution < -0.4 is 10.2 Å². The summed E-state index contributed by atoms with van der Waals surface area (Å²) in [6.07, 6.45) is 1.54. The van der Waals surface area contributed by atoms with Gasteiger partial charge in [0.1, 0.15) is 0 Å². The van der Waals surface area contributed by atoms with Crippen LogP contribution in [0.3, 0.4) is 0 Å². The van der Waals surface area contributed by atoms with Crippen molar-refractivity contribution in [1.82, 2.24) is 10.3 Å². The van der Waals surface area contributed by atoms with E-state index in [0.717, 1.165) is 4.90 Å². The maximum absolute atomic E-state index is 11.3. The minimum absolute atomic E-state index is 0.325. The Morgan fingerprint density at radius 3 is 2.60 bits per heavy atom. The van der Waals surface area contributed by atoms with Crippen LogP contribution in [0.15, 0.2) is 18.3 Å². The molecule has 2 rings (SSSR count). The maximum atomic E-state index is 11.3. The Bertz CT molecular complexity index is 469. The molecule has 15 heavy (non-hydrogen) atoms. The lowest BCUT2D eigenvalue weighted by molar-refractivity contribution is -0.134. The van der Waals surface area contributed by atoms with Crippen molar-refractivity contribution in [2.45, 2.75) is 6.92 Å². The molecule has 1 fully saturated rings. The number of pyridine rings is 1. The summed E-state index contributed by atoms with van der Waals surface area (Å²) in [5, 5.41) is 1.91. The van der Waals surface area contributed by atoms with Gasteiger partial charge in [-0.3, -0.25) is 19.9 Å². The number of hydrogen-bond acceptors (Lipinski definition) is 4. The summed E-state index contributed by atoms with van der Waals surface area (Å²) in [6.45, 7) is 1.65. The largest absolute Gasteiger partial charge is 0.336 e. The average Bonchev–Trinajstić information content (AvgIpc) is 2.43. The Balaban J connectivity index is 2.48. The molecule has 1 saturated heterocycles. The minimum atomic E-state index is -0.914. The van der Waals surface area contributed by atoms with Crippen LogP contribution in [0.2, 0.25) is 0 Å². The minimum Gasteiger partial charge on any atom is -0.269 e. The number of amides is 4. The smallest absolute Gasteiger partial charge is 0.269 e. The fourth-order valence-electron chi connectivity index (χ4n) is 1.33. The van der Waals surface area contributed by atoms with Crippen LogP contribution in [-0.4, -0.2) is 22.8 Å². The first kappa shape index (κ1) is 9.32. The Morgan fingerprint density at radius 2 is 2.07 bits per heavy atom. The highest BCUT2D eigenvalue weighted by Crippen LogP contribution is 2.19. The van der Waals surface area contributed by atoms with E-state index in [9.17, 15) is 14.4 Å². The molecule has 1 aromatic heterocycles. The second-order valence-corrected chi connectivity index (χ2v) is 3.01. The molecule has 0 bridgehead atoms. The van der Waals surface area contributed by atoms with Crippen molar-refractivity contribution in [1.29, 1.82) is 0 Å². The second-order valence-electron chi connectivity index (χ2n) is 3.01. The number of nitrogens with one attached hydrogen (secondary N) is 1. The molecule has 76 valence electrons. The predicted molar refractivity (Wildman–Crippen MR) is 50.0 cm³/mol. The topological polar surface area (TPSA) is 79.4 Å². The van der Waals surface area contributed by atoms with Gasteiger partial charge in [-0.15, -0.1) is 0 Å². The van der Waals surface area contributed by atoms with Crippen LogP contribution in [0.1, 0.15) is 5.69 Å². The predicted octanol–water partition coefficient (Wildman–Crippen LogP) is -0.0272. The Morgan fingerprint density at radius 1 is 1.33 bits per heavy atom. The summed E-state index contributed by atoms with van der Waals surface area (Å²) in [4.78, 5) is 38.3. The van der Waals surface area contributed by atoms with Crippen molar-refractivity contribution < 1.29 is 14.4 Å². The Hall–Kier alpha value is -2.24. The quantitative estimate of drug-likeness (QED) is 0.516. The van der Waals surface area contributed by atoms with Crippen LogP contribution in [-0.2, 0) is 9.59 Å². The highest BCUT2D eigenvalue weighted by Gasteiger charge is 2.38. The summed E-state index contributed by atoms with van der Waals surface area (Å²) >= 11 is 0. The van der Waals surface area contributed by atoms with E-state index in [1.165, 1.54) is 0 Å². The molecule has 1 aliphatic heterocycles. The number of aryl methyl sites for hydroxylation is 1. The molecule has 0 unspecified atom stereocenters. The Kier molecular flexibility index (Phi) is 1.96. The fraction of sp³-hybridized carbons (Fsp3) is 0.111. The van der Waals surface area contributed by atoms with Crippen LogP contribution in [0.5, 0.6) is 0 Å². The van der Waals surface area contributed by atoms with E-state index in [0.29, 0.717) is 11.4 Å². The first-order chi connectivity index (χ1) is 7.11. The maximum Gasteiger partial charge on any atom is 0.336 e. The first-order valence-corrected chi connectivity index (χ1v) is 4.22. The summed E-state index contributed by atoms with van der Waals surface area (Å²) in [7, 11) is 0. The van der Waals surface area contributed by atoms with Gasteiger partial charge < -0.3 is 0 Å². The highest BCUT2D eigenvalue weighted by molar-refractivity contribution is 6.53. The molecule has 0 aliphatic carbocycles. The monoisotopic (exact) mass is 205 g/mol. The molecule has 4 amide bonds. The molecule has 6 heteroatoms. The van der Waals surface area contributed by atoms with E-state index in [4.69, 9.17) is 0 Å². The number of rotatable bonds is 1. The number of urea groups is 1. The zero-order valence-electron chi connectivity index (χ0n) is 7.85. The van der Waals surface area contributed by atoms with Crippen LogP contribution in [0.25, 0.3) is 0 Å². The molecule has 1 aliphatic rings. The van der Waals surface area contributed by atoms with E-state index in [1.54, 1.807) is 25.3 Å². The molecule has 0 saturated carbocycles. The molecule has 6 nitrogen and oxygen atoms in total. The molecule has 1 N–H and O–H groups in total. The number of nitrogens with zero attached hydrogens (tertiary/aromatic N) is 2. The lowest BCUT2D eigenvalue weighted by Crippen LogP contribution is -2.31. The fourth-order valence-corrected chi connectivity index (χ4v) is 1.33. The zero-order valence-corrected chi connectivity index (χ0v) is 7.85. The van der Waals surface area contributed by atoms with Crippen molar-refractivity contribution in [3.8, 4) is 0 Å². The van der Waals surface area contributed by atoms with Crippen LogP contribution in [0.4, 0.5) is 10.5 Å². The van der Waals surface area contributed by atoms with Gasteiger partial charge in [0.05, 0.1) is 11.4 Å². The second kappa shape index (κ2) is 3.16. The van der Waals surface area contributed by atoms with Gasteiger partial charge in [-0.25, -0.2) is 9.69 Å². The van der Waals surface area contributed by atoms with Gasteiger partial charge in [-0.2, -0.15) is 0 Å². The third kappa shape index (κ3) is 1.35. The first-order valence-electron chi connectivity index (χ1n) is 4.22. The van der Waals surface area contributed by atoms with Gasteiger partial charge in [0.15, 0.2) is 0 Å². The van der Waals surface area contributed by atoms with Crippen molar-refractivity contribution in [3.63, 3.8) is 0 Å². The van der Waals surface area contributed by atoms with Crippen molar-refractivity contribution in [2.24, 2.45) is 0 Å². The third-order valence-corrected chi connectivity index (χ3v) is 2.04. The van der Waals surface area contributed by atoms with Gasteiger partial charge in [0.25, 0.3) is 0 Å². The van der Waals surface area contributed by atoms with E-state index >= 15 is 0 Å². The van der Waals surface area contributed by atoms with Gasteiger partial charge in [-0.1, -0.05) is 0 Å². The van der Waals surface area contributed by atoms with E-state index in [2.05, 4.69) is 4.98 Å². The highest BCUT2D eigenvalue weighted by atomic mass is 16.2. The molecule has 2 heterocycles. The summed E-state index contributed by atoms with van der Waals surface area (Å²) < 4.78 is 0. The molecule has 0 aromatic carbocycles. The lowest BCUT2D eigenvalue weighted by Gasteiger charge is -2.12. The summed E-state index contributed by atoms with van der Waals surface area (Å²) in [5.41, 5.74) is 0.835. The van der Waals surface area contributed by atoms with Crippen molar-refractivity contribution >= 4 is 23.5 Å². The number of carbonyl (C=O) groups is 3. The Labute approximate surface area is 84.9 Å². The zero-order chi connectivity index (χ0) is 11.0. The van der Waals surface area contributed by atoms with Gasteiger partial charge in [-0.05, 0) is 19.1 Å². The van der Waals surface area contributed by atoms with Gasteiger partial charge >= 0.3 is 17.8 Å². The van der Waals surface area contributed by atoms with Gasteiger partial charge in [0.2, 0.25) is 0 Å². The molecule has 0 radical (unpaired) electrons. The SMILES string of the molecule is Cc1ncccc1N1C(=O)NC(=O)C1=O. The summed E-state index contributed by atoms with van der Waals surface area (Å²) in [6, 6.07) is 2.41. The van der Waals surface area contributed by atoms with Crippen molar-refractivity contribution in [3.05, 3.63) is 24.0 Å². The number of carbonyl (C=O) groups excluding carboxylic acids is 3. The average molecular weight is 205 g/mol. The van der Waals surface area contributed by atoms with Crippen molar-refractivity contribution in [2.75, 3.05) is 4.90 Å². The molecular weight excluding hydrogens is 198 g/mol. The number of anilines is 1. The van der Waals surface area contributed by atoms with E-state index in [1.807, 2.05) is 5.32 Å². The normalized spacial score (nSPS) is 15.8. The molecule has 0 spiro atoms. The standard InChI is InChI=1S/C9H7N3O3/c1-5-6(3-2-4-10-5)12-8(14)7(13)11-9(12)15/h2-4H,1H3,(H,11,13,15). The molecule has 1 aromatic rings. The number of imide groups is 2. The van der Waals surface area contributed by atoms with E-state index in [-0.39, 0.29) is 0 Å². The summed E-state index contributed by atoms with van der Waals surface area (Å²) in [5.74, 6) is -1.79. The van der Waals surface area contributed by atoms with Crippen LogP contribution in [0, 0.1) is 6.92 Å². The third-order valence-electron chi connectivity index (χ3n) is 2.04.